The Bertz CT molecular complexity index is 531. The minimum Gasteiger partial charge on any atom is -0.293 e. The molecule has 1 saturated carbocycles. The maximum Gasteiger partial charge on any atom is 0.176 e. The SMILES string of the molecule is CC1CCCC(S(=O)CC(=O)c2ccc(Cl)cc2Cl)C1. The molecule has 0 aliphatic heterocycles. The molecule has 0 bridgehead atoms. The van der Waals surface area contributed by atoms with E-state index in [-0.39, 0.29) is 16.8 Å². The van der Waals surface area contributed by atoms with Gasteiger partial charge in [-0.15, -0.1) is 0 Å². The van der Waals surface area contributed by atoms with Crippen LogP contribution in [0, 0.1) is 5.92 Å². The van der Waals surface area contributed by atoms with E-state index in [0.29, 0.717) is 21.5 Å². The molecule has 3 atom stereocenters. The van der Waals surface area contributed by atoms with Crippen molar-refractivity contribution in [2.75, 3.05) is 5.75 Å². The van der Waals surface area contributed by atoms with Gasteiger partial charge in [0.2, 0.25) is 0 Å². The molecule has 2 rings (SSSR count). The first kappa shape index (κ1) is 16.0. The van der Waals surface area contributed by atoms with Crippen LogP contribution in [0.25, 0.3) is 0 Å². The summed E-state index contributed by atoms with van der Waals surface area (Å²) in [4.78, 5) is 12.2. The number of benzene rings is 1. The van der Waals surface area contributed by atoms with E-state index in [2.05, 4.69) is 6.92 Å². The van der Waals surface area contributed by atoms with Crippen LogP contribution in [0.5, 0.6) is 0 Å². The summed E-state index contributed by atoms with van der Waals surface area (Å²) in [6.45, 7) is 2.18. The molecule has 1 fully saturated rings. The molecule has 0 radical (unpaired) electrons. The number of hydrogen-bond acceptors (Lipinski definition) is 2. The van der Waals surface area contributed by atoms with Crippen LogP contribution in [-0.4, -0.2) is 21.0 Å². The van der Waals surface area contributed by atoms with Crippen molar-refractivity contribution in [1.29, 1.82) is 0 Å². The second-order valence-corrected chi connectivity index (χ2v) is 8.03. The summed E-state index contributed by atoms with van der Waals surface area (Å²) in [5.74, 6) is 0.494. The first-order chi connectivity index (χ1) is 9.47. The fraction of sp³-hybridized carbons (Fsp3) is 0.533. The van der Waals surface area contributed by atoms with Gasteiger partial charge < -0.3 is 0 Å². The van der Waals surface area contributed by atoms with Gasteiger partial charge in [0.15, 0.2) is 5.78 Å². The maximum absolute atomic E-state index is 12.3. The van der Waals surface area contributed by atoms with Gasteiger partial charge in [-0.2, -0.15) is 0 Å². The summed E-state index contributed by atoms with van der Waals surface area (Å²) in [6, 6.07) is 4.78. The van der Waals surface area contributed by atoms with Crippen molar-refractivity contribution < 1.29 is 9.00 Å². The highest BCUT2D eigenvalue weighted by Crippen LogP contribution is 2.28. The number of hydrogen-bond donors (Lipinski definition) is 0. The van der Waals surface area contributed by atoms with Crippen molar-refractivity contribution in [3.63, 3.8) is 0 Å². The fourth-order valence-electron chi connectivity index (χ4n) is 2.66. The van der Waals surface area contributed by atoms with E-state index in [1.165, 1.54) is 6.42 Å². The lowest BCUT2D eigenvalue weighted by molar-refractivity contribution is 0.102. The van der Waals surface area contributed by atoms with E-state index in [0.717, 1.165) is 19.3 Å². The van der Waals surface area contributed by atoms with Crippen LogP contribution in [-0.2, 0) is 10.8 Å². The zero-order chi connectivity index (χ0) is 14.7. The summed E-state index contributed by atoms with van der Waals surface area (Å²) in [5, 5.41) is 0.971. The third-order valence-corrected chi connectivity index (χ3v) is 6.03. The number of rotatable bonds is 4. The standard InChI is InChI=1S/C15H18Cl2O2S/c1-10-3-2-4-12(7-10)20(19)9-15(18)13-6-5-11(16)8-14(13)17/h5-6,8,10,12H,2-4,7,9H2,1H3. The predicted octanol–water partition coefficient (Wildman–Crippen LogP) is 4.50. The smallest absolute Gasteiger partial charge is 0.176 e. The number of carbonyl (C=O) groups is 1. The van der Waals surface area contributed by atoms with Crippen molar-refractivity contribution in [3.8, 4) is 0 Å². The normalized spacial score (nSPS) is 24.4. The number of ketones is 1. The molecule has 2 nitrogen and oxygen atoms in total. The van der Waals surface area contributed by atoms with Crippen LogP contribution < -0.4 is 0 Å². The summed E-state index contributed by atoms with van der Waals surface area (Å²) in [7, 11) is -1.11. The Balaban J connectivity index is 2.02. The fourth-order valence-corrected chi connectivity index (χ4v) is 4.79. The summed E-state index contributed by atoms with van der Waals surface area (Å²) >= 11 is 11.8. The molecule has 1 aromatic carbocycles. The van der Waals surface area contributed by atoms with Crippen molar-refractivity contribution in [2.45, 2.75) is 37.9 Å². The number of carbonyl (C=O) groups excluding carboxylic acids is 1. The molecule has 0 amide bonds. The van der Waals surface area contributed by atoms with E-state index in [1.54, 1.807) is 18.2 Å². The van der Waals surface area contributed by atoms with Crippen LogP contribution in [0.3, 0.4) is 0 Å². The number of Topliss-reactive ketones (excluding diaryl/α,β-unsaturated/α-hetero) is 1. The van der Waals surface area contributed by atoms with Crippen LogP contribution in [0.15, 0.2) is 18.2 Å². The molecule has 0 N–H and O–H groups in total. The van der Waals surface area contributed by atoms with Crippen molar-refractivity contribution in [1.82, 2.24) is 0 Å². The van der Waals surface area contributed by atoms with Gasteiger partial charge in [0, 0.05) is 26.6 Å². The molecule has 0 spiro atoms. The summed E-state index contributed by atoms with van der Waals surface area (Å²) < 4.78 is 12.3. The predicted molar refractivity (Wildman–Crippen MR) is 85.2 cm³/mol. The lowest BCUT2D eigenvalue weighted by atomic mass is 9.91. The molecule has 20 heavy (non-hydrogen) atoms. The van der Waals surface area contributed by atoms with Gasteiger partial charge in [-0.3, -0.25) is 9.00 Å². The van der Waals surface area contributed by atoms with Gasteiger partial charge in [0.25, 0.3) is 0 Å². The lowest BCUT2D eigenvalue weighted by Gasteiger charge is -2.25. The van der Waals surface area contributed by atoms with Crippen LogP contribution in [0.4, 0.5) is 0 Å². The molecular weight excluding hydrogens is 315 g/mol. The van der Waals surface area contributed by atoms with E-state index < -0.39 is 10.8 Å². The Hall–Kier alpha value is -0.380. The first-order valence-corrected chi connectivity index (χ1v) is 8.96. The summed E-state index contributed by atoms with van der Waals surface area (Å²) in [6.07, 6.45) is 4.21. The third kappa shape index (κ3) is 4.06. The second-order valence-electron chi connectivity index (χ2n) is 5.47. The Morgan fingerprint density at radius 3 is 2.75 bits per heavy atom. The van der Waals surface area contributed by atoms with Gasteiger partial charge in [-0.25, -0.2) is 0 Å². The highest BCUT2D eigenvalue weighted by Gasteiger charge is 2.26. The Labute approximate surface area is 132 Å². The molecule has 3 unspecified atom stereocenters. The minimum absolute atomic E-state index is 0.0543. The van der Waals surface area contributed by atoms with Gasteiger partial charge >= 0.3 is 0 Å². The molecule has 0 aromatic heterocycles. The molecule has 1 aromatic rings. The van der Waals surface area contributed by atoms with Gasteiger partial charge in [-0.05, 0) is 37.0 Å². The Morgan fingerprint density at radius 2 is 2.10 bits per heavy atom. The van der Waals surface area contributed by atoms with E-state index >= 15 is 0 Å². The lowest BCUT2D eigenvalue weighted by Crippen LogP contribution is -2.27. The van der Waals surface area contributed by atoms with Crippen LogP contribution >= 0.6 is 23.2 Å². The molecular formula is C15H18Cl2O2S. The molecule has 110 valence electrons. The zero-order valence-electron chi connectivity index (χ0n) is 11.4. The van der Waals surface area contributed by atoms with Crippen LogP contribution in [0.1, 0.15) is 43.0 Å². The molecule has 1 aliphatic rings. The van der Waals surface area contributed by atoms with Crippen LogP contribution in [0.2, 0.25) is 10.0 Å². The van der Waals surface area contributed by atoms with E-state index in [9.17, 15) is 9.00 Å². The average molecular weight is 333 g/mol. The minimum atomic E-state index is -1.11. The van der Waals surface area contributed by atoms with Crippen molar-refractivity contribution >= 4 is 39.8 Å². The largest absolute Gasteiger partial charge is 0.293 e. The average Bonchev–Trinajstić information content (AvgIpc) is 2.38. The van der Waals surface area contributed by atoms with Gasteiger partial charge in [-0.1, -0.05) is 43.0 Å². The molecule has 5 heteroatoms. The molecule has 0 heterocycles. The zero-order valence-corrected chi connectivity index (χ0v) is 13.7. The quantitative estimate of drug-likeness (QED) is 0.760. The topological polar surface area (TPSA) is 34.1 Å². The Kier molecular flexibility index (Phi) is 5.65. The van der Waals surface area contributed by atoms with Crippen molar-refractivity contribution in [2.24, 2.45) is 5.92 Å². The van der Waals surface area contributed by atoms with Gasteiger partial charge in [0.05, 0.1) is 10.8 Å². The Morgan fingerprint density at radius 1 is 1.35 bits per heavy atom. The molecule has 0 saturated heterocycles. The highest BCUT2D eigenvalue weighted by molar-refractivity contribution is 7.86. The summed E-state index contributed by atoms with van der Waals surface area (Å²) in [5.41, 5.74) is 0.410. The molecule has 1 aliphatic carbocycles. The second kappa shape index (κ2) is 7.06. The van der Waals surface area contributed by atoms with Crippen molar-refractivity contribution in [3.05, 3.63) is 33.8 Å². The third-order valence-electron chi connectivity index (χ3n) is 3.76. The maximum atomic E-state index is 12.3. The van der Waals surface area contributed by atoms with E-state index in [4.69, 9.17) is 23.2 Å². The number of halogens is 2. The first-order valence-electron chi connectivity index (χ1n) is 6.83. The monoisotopic (exact) mass is 332 g/mol. The van der Waals surface area contributed by atoms with E-state index in [1.807, 2.05) is 0 Å². The highest BCUT2D eigenvalue weighted by atomic mass is 35.5. The van der Waals surface area contributed by atoms with Gasteiger partial charge in [0.1, 0.15) is 0 Å².